The van der Waals surface area contributed by atoms with E-state index in [4.69, 9.17) is 15.1 Å². The molecule has 0 bridgehead atoms. The quantitative estimate of drug-likeness (QED) is 0.616. The summed E-state index contributed by atoms with van der Waals surface area (Å²) in [6, 6.07) is 20.2. The van der Waals surface area contributed by atoms with Crippen LogP contribution in [0.25, 0.3) is 16.9 Å². The highest BCUT2D eigenvalue weighted by atomic mass is 16.5. The molecule has 0 unspecified atom stereocenters. The number of nitrogens with one attached hydrogen (secondary N) is 1. The first-order valence-electron chi connectivity index (χ1n) is 10.8. The third kappa shape index (κ3) is 4.90. The molecule has 1 saturated heterocycles. The molecule has 30 heavy (non-hydrogen) atoms. The molecule has 154 valence electrons. The molecule has 1 aliphatic heterocycles. The average Bonchev–Trinajstić information content (AvgIpc) is 3.18. The lowest BCUT2D eigenvalue weighted by atomic mass is 10.1. The summed E-state index contributed by atoms with van der Waals surface area (Å²) in [6.45, 7) is 3.70. The fourth-order valence-electron chi connectivity index (χ4n) is 3.81. The van der Waals surface area contributed by atoms with Crippen LogP contribution in [-0.4, -0.2) is 29.0 Å². The van der Waals surface area contributed by atoms with Gasteiger partial charge in [0, 0.05) is 24.8 Å². The molecule has 1 aliphatic rings. The van der Waals surface area contributed by atoms with Gasteiger partial charge in [0.05, 0.1) is 29.1 Å². The van der Waals surface area contributed by atoms with E-state index in [1.807, 2.05) is 28.9 Å². The Labute approximate surface area is 178 Å². The Morgan fingerprint density at radius 1 is 1.07 bits per heavy atom. The number of nitrogens with zero attached hydrogens (tertiary/aromatic N) is 3. The Morgan fingerprint density at radius 2 is 1.83 bits per heavy atom. The van der Waals surface area contributed by atoms with Gasteiger partial charge < -0.3 is 10.1 Å². The Bertz CT molecular complexity index is 991. The number of aryl methyl sites for hydroxylation is 1. The molecule has 1 aromatic heterocycles. The second kappa shape index (κ2) is 9.60. The first kappa shape index (κ1) is 20.2. The van der Waals surface area contributed by atoms with Crippen LogP contribution in [0.5, 0.6) is 0 Å². The summed E-state index contributed by atoms with van der Waals surface area (Å²) in [4.78, 5) is 0. The van der Waals surface area contributed by atoms with Gasteiger partial charge in [0.1, 0.15) is 5.82 Å². The summed E-state index contributed by atoms with van der Waals surface area (Å²) in [6.07, 6.45) is 6.27. The van der Waals surface area contributed by atoms with Gasteiger partial charge in [-0.3, -0.25) is 0 Å². The maximum atomic E-state index is 9.10. The van der Waals surface area contributed by atoms with Gasteiger partial charge in [-0.2, -0.15) is 5.26 Å². The summed E-state index contributed by atoms with van der Waals surface area (Å²) >= 11 is 0. The number of hydrogen-bond acceptors (Lipinski definition) is 4. The first-order valence-corrected chi connectivity index (χ1v) is 10.8. The Balaban J connectivity index is 1.59. The fraction of sp³-hybridized carbons (Fsp3) is 0.360. The van der Waals surface area contributed by atoms with Gasteiger partial charge in [-0.25, -0.2) is 4.68 Å². The van der Waals surface area contributed by atoms with Crippen LogP contribution in [0.2, 0.25) is 0 Å². The first-order chi connectivity index (χ1) is 14.7. The summed E-state index contributed by atoms with van der Waals surface area (Å²) in [5, 5.41) is 17.4. The van der Waals surface area contributed by atoms with Gasteiger partial charge in [0.25, 0.3) is 0 Å². The predicted molar refractivity (Wildman–Crippen MR) is 120 cm³/mol. The molecule has 4 rings (SSSR count). The number of nitriles is 1. The predicted octanol–water partition coefficient (Wildman–Crippen LogP) is 5.48. The van der Waals surface area contributed by atoms with E-state index in [2.05, 4.69) is 48.6 Å². The molecule has 2 aromatic carbocycles. The van der Waals surface area contributed by atoms with Gasteiger partial charge in [-0.1, -0.05) is 49.1 Å². The van der Waals surface area contributed by atoms with Crippen molar-refractivity contribution in [3.05, 3.63) is 65.7 Å². The molecular formula is C25H28N4O. The van der Waals surface area contributed by atoms with Crippen molar-refractivity contribution in [2.45, 2.75) is 45.1 Å². The van der Waals surface area contributed by atoms with Crippen LogP contribution in [0.15, 0.2) is 54.6 Å². The Hall–Kier alpha value is -3.10. The zero-order chi connectivity index (χ0) is 20.8. The molecular weight excluding hydrogens is 372 g/mol. The zero-order valence-electron chi connectivity index (χ0n) is 17.5. The molecule has 5 heteroatoms. The van der Waals surface area contributed by atoms with E-state index in [9.17, 15) is 0 Å². The van der Waals surface area contributed by atoms with Crippen LogP contribution in [-0.2, 0) is 4.74 Å². The van der Waals surface area contributed by atoms with Crippen molar-refractivity contribution in [1.29, 1.82) is 5.26 Å². The third-order valence-electron chi connectivity index (χ3n) is 5.58. The molecule has 0 radical (unpaired) electrons. The van der Waals surface area contributed by atoms with E-state index in [1.165, 1.54) is 24.8 Å². The minimum Gasteiger partial charge on any atom is -0.376 e. The van der Waals surface area contributed by atoms with Crippen LogP contribution < -0.4 is 5.32 Å². The van der Waals surface area contributed by atoms with E-state index in [0.717, 1.165) is 48.8 Å². The molecule has 2 heterocycles. The Kier molecular flexibility index (Phi) is 6.46. The summed E-state index contributed by atoms with van der Waals surface area (Å²) in [5.41, 5.74) is 4.92. The highest BCUT2D eigenvalue weighted by molar-refractivity contribution is 5.66. The lowest BCUT2D eigenvalue weighted by Gasteiger charge is -2.20. The highest BCUT2D eigenvalue weighted by Crippen LogP contribution is 2.27. The molecule has 3 aromatic rings. The number of aromatic nitrogens is 2. The van der Waals surface area contributed by atoms with Crippen molar-refractivity contribution in [3.63, 3.8) is 0 Å². The van der Waals surface area contributed by atoms with E-state index in [-0.39, 0.29) is 6.10 Å². The monoisotopic (exact) mass is 400 g/mol. The van der Waals surface area contributed by atoms with Crippen LogP contribution in [0.4, 0.5) is 5.82 Å². The van der Waals surface area contributed by atoms with E-state index in [0.29, 0.717) is 5.56 Å². The van der Waals surface area contributed by atoms with E-state index < -0.39 is 0 Å². The Morgan fingerprint density at radius 3 is 2.60 bits per heavy atom. The van der Waals surface area contributed by atoms with Gasteiger partial charge in [0.15, 0.2) is 0 Å². The second-order valence-electron chi connectivity index (χ2n) is 7.93. The summed E-state index contributed by atoms with van der Waals surface area (Å²) < 4.78 is 7.96. The van der Waals surface area contributed by atoms with Crippen LogP contribution in [0, 0.1) is 18.3 Å². The van der Waals surface area contributed by atoms with Crippen molar-refractivity contribution < 1.29 is 4.74 Å². The normalized spacial score (nSPS) is 17.0. The van der Waals surface area contributed by atoms with Crippen molar-refractivity contribution in [3.8, 4) is 23.0 Å². The maximum Gasteiger partial charge on any atom is 0.149 e. The molecule has 5 nitrogen and oxygen atoms in total. The maximum absolute atomic E-state index is 9.10. The largest absolute Gasteiger partial charge is 0.376 e. The standard InChI is InChI=1S/C25H28N4O/c1-19-7-11-21(12-8-19)24-16-25(27-18-23-6-4-2-3-5-15-30-23)28-29(24)22-13-9-20(17-26)10-14-22/h7-14,16,23H,2-6,15,18H2,1H3,(H,27,28)/t23-/m0/s1. The minimum absolute atomic E-state index is 0.230. The van der Waals surface area contributed by atoms with Crippen LogP contribution in [0.3, 0.4) is 0 Å². The lowest BCUT2D eigenvalue weighted by Crippen LogP contribution is -2.25. The van der Waals surface area contributed by atoms with E-state index >= 15 is 0 Å². The average molecular weight is 401 g/mol. The number of hydrogen-bond donors (Lipinski definition) is 1. The SMILES string of the molecule is Cc1ccc(-c2cc(NC[C@@H]3CCCCCCO3)nn2-c2ccc(C#N)cc2)cc1. The third-order valence-corrected chi connectivity index (χ3v) is 5.58. The molecule has 1 fully saturated rings. The van der Waals surface area contributed by atoms with Crippen molar-refractivity contribution >= 4 is 5.82 Å². The fourth-order valence-corrected chi connectivity index (χ4v) is 3.81. The minimum atomic E-state index is 0.230. The van der Waals surface area contributed by atoms with E-state index in [1.54, 1.807) is 0 Å². The molecule has 0 saturated carbocycles. The van der Waals surface area contributed by atoms with Crippen LogP contribution >= 0.6 is 0 Å². The summed E-state index contributed by atoms with van der Waals surface area (Å²) in [7, 11) is 0. The smallest absolute Gasteiger partial charge is 0.149 e. The van der Waals surface area contributed by atoms with Gasteiger partial charge in [-0.15, -0.1) is 5.10 Å². The van der Waals surface area contributed by atoms with Crippen molar-refractivity contribution in [2.24, 2.45) is 0 Å². The van der Waals surface area contributed by atoms with Crippen molar-refractivity contribution in [2.75, 3.05) is 18.5 Å². The molecule has 0 spiro atoms. The topological polar surface area (TPSA) is 62.9 Å². The second-order valence-corrected chi connectivity index (χ2v) is 7.93. The van der Waals surface area contributed by atoms with Gasteiger partial charge in [0.2, 0.25) is 0 Å². The van der Waals surface area contributed by atoms with Gasteiger partial charge >= 0.3 is 0 Å². The lowest BCUT2D eigenvalue weighted by molar-refractivity contribution is 0.0440. The van der Waals surface area contributed by atoms with Crippen molar-refractivity contribution in [1.82, 2.24) is 9.78 Å². The van der Waals surface area contributed by atoms with Gasteiger partial charge in [-0.05, 0) is 44.0 Å². The number of anilines is 1. The molecule has 0 aliphatic carbocycles. The zero-order valence-corrected chi connectivity index (χ0v) is 17.5. The number of benzene rings is 2. The number of ether oxygens (including phenoxy) is 1. The number of rotatable bonds is 5. The highest BCUT2D eigenvalue weighted by Gasteiger charge is 2.15. The summed E-state index contributed by atoms with van der Waals surface area (Å²) in [5.74, 6) is 0.834. The molecule has 1 N–H and O–H groups in total. The molecule has 0 amide bonds. The molecule has 1 atom stereocenters. The van der Waals surface area contributed by atoms with Crippen LogP contribution in [0.1, 0.15) is 43.2 Å².